The second-order valence-electron chi connectivity index (χ2n) is 5.39. The lowest BCUT2D eigenvalue weighted by Crippen LogP contribution is -2.27. The number of nitrogens with two attached hydrogens (primary N) is 1. The van der Waals surface area contributed by atoms with Crippen LogP contribution >= 0.6 is 11.6 Å². The molecule has 0 saturated carbocycles. The summed E-state index contributed by atoms with van der Waals surface area (Å²) in [6, 6.07) is 7.42. The molecule has 21 heavy (non-hydrogen) atoms. The molecule has 1 amide bonds. The topological polar surface area (TPSA) is 66.6 Å². The van der Waals surface area contributed by atoms with Crippen molar-refractivity contribution in [1.29, 1.82) is 0 Å². The van der Waals surface area contributed by atoms with Gasteiger partial charge in [0.05, 0.1) is 5.69 Å². The lowest BCUT2D eigenvalue weighted by Gasteiger charge is -2.16. The molecule has 0 aliphatic carbocycles. The van der Waals surface area contributed by atoms with Crippen LogP contribution in [0.1, 0.15) is 24.0 Å². The summed E-state index contributed by atoms with van der Waals surface area (Å²) in [5, 5.41) is 12.0. The fourth-order valence-corrected chi connectivity index (χ4v) is 3.33. The van der Waals surface area contributed by atoms with Crippen LogP contribution in [0.3, 0.4) is 0 Å². The number of anilines is 1. The zero-order valence-electron chi connectivity index (χ0n) is 11.8. The molecule has 0 aromatic heterocycles. The summed E-state index contributed by atoms with van der Waals surface area (Å²) in [7, 11) is 0. The molecule has 0 fully saturated rings. The molecule has 2 aromatic carbocycles. The van der Waals surface area contributed by atoms with Crippen LogP contribution in [0.15, 0.2) is 24.3 Å². The van der Waals surface area contributed by atoms with Gasteiger partial charge in [-0.25, -0.2) is 0 Å². The van der Waals surface area contributed by atoms with Crippen molar-refractivity contribution in [2.75, 3.05) is 17.3 Å². The Morgan fingerprint density at radius 2 is 2.19 bits per heavy atom. The molecule has 0 bridgehead atoms. The van der Waals surface area contributed by atoms with Crippen molar-refractivity contribution >= 4 is 34.0 Å². The first-order valence-corrected chi connectivity index (χ1v) is 7.43. The van der Waals surface area contributed by atoms with Gasteiger partial charge in [-0.3, -0.25) is 4.79 Å². The first-order valence-electron chi connectivity index (χ1n) is 6.89. The Kier molecular flexibility index (Phi) is 3.51. The molecule has 1 heterocycles. The lowest BCUT2D eigenvalue weighted by molar-refractivity contribution is -0.116. The third kappa shape index (κ3) is 2.15. The predicted octanol–water partition coefficient (Wildman–Crippen LogP) is 2.69. The molecular formula is C16H17ClN2O2. The molecule has 0 radical (unpaired) electrons. The number of carbonyl (C=O) groups is 1. The smallest absolute Gasteiger partial charge is 0.223 e. The number of nitrogens with zero attached hydrogens (tertiary/aromatic N) is 1. The Hall–Kier alpha value is -1.78. The van der Waals surface area contributed by atoms with Crippen LogP contribution < -0.4 is 10.6 Å². The molecule has 110 valence electrons. The molecule has 3 N–H and O–H groups in total. The van der Waals surface area contributed by atoms with Crippen LogP contribution in [0.5, 0.6) is 5.75 Å². The van der Waals surface area contributed by atoms with Crippen LogP contribution in [0.25, 0.3) is 10.8 Å². The van der Waals surface area contributed by atoms with Gasteiger partial charge in [-0.2, -0.15) is 0 Å². The summed E-state index contributed by atoms with van der Waals surface area (Å²) in [5.74, 6) is 0.636. The maximum absolute atomic E-state index is 11.8. The average Bonchev–Trinajstić information content (AvgIpc) is 2.85. The first-order chi connectivity index (χ1) is 10.1. The number of rotatable bonds is 2. The number of benzene rings is 2. The third-order valence-electron chi connectivity index (χ3n) is 4.10. The van der Waals surface area contributed by atoms with E-state index in [1.54, 1.807) is 11.0 Å². The van der Waals surface area contributed by atoms with Gasteiger partial charge in [-0.15, -0.1) is 11.6 Å². The van der Waals surface area contributed by atoms with E-state index >= 15 is 0 Å². The number of fused-ring (bicyclic) bond motifs is 3. The molecule has 5 heteroatoms. The van der Waals surface area contributed by atoms with E-state index in [1.165, 1.54) is 6.92 Å². The Morgan fingerprint density at radius 3 is 2.81 bits per heavy atom. The summed E-state index contributed by atoms with van der Waals surface area (Å²) in [5.41, 5.74) is 8.49. The highest BCUT2D eigenvalue weighted by atomic mass is 35.5. The van der Waals surface area contributed by atoms with E-state index in [4.69, 9.17) is 17.3 Å². The SMILES string of the molecule is CC(=O)N1CC(CCl)c2c1cc(O)c1ccc(CN)cc21. The number of alkyl halides is 1. The second kappa shape index (κ2) is 5.20. The molecule has 1 unspecified atom stereocenters. The molecule has 1 aliphatic rings. The fraction of sp³-hybridized carbons (Fsp3) is 0.312. The largest absolute Gasteiger partial charge is 0.507 e. The molecule has 2 aromatic rings. The van der Waals surface area contributed by atoms with Gasteiger partial charge >= 0.3 is 0 Å². The van der Waals surface area contributed by atoms with E-state index in [-0.39, 0.29) is 17.6 Å². The van der Waals surface area contributed by atoms with Gasteiger partial charge in [0.25, 0.3) is 0 Å². The monoisotopic (exact) mass is 304 g/mol. The van der Waals surface area contributed by atoms with E-state index in [0.29, 0.717) is 19.0 Å². The average molecular weight is 305 g/mol. The van der Waals surface area contributed by atoms with Crippen LogP contribution in [0, 0.1) is 0 Å². The van der Waals surface area contributed by atoms with E-state index in [2.05, 4.69) is 0 Å². The fourth-order valence-electron chi connectivity index (χ4n) is 3.07. The van der Waals surface area contributed by atoms with Crippen molar-refractivity contribution in [3.63, 3.8) is 0 Å². The minimum Gasteiger partial charge on any atom is -0.507 e. The van der Waals surface area contributed by atoms with Crippen LogP contribution in [-0.2, 0) is 11.3 Å². The Morgan fingerprint density at radius 1 is 1.43 bits per heavy atom. The summed E-state index contributed by atoms with van der Waals surface area (Å²) >= 11 is 6.09. The van der Waals surface area contributed by atoms with Gasteiger partial charge in [0, 0.05) is 43.3 Å². The third-order valence-corrected chi connectivity index (χ3v) is 4.48. The minimum absolute atomic E-state index is 0.0439. The molecule has 0 spiro atoms. The summed E-state index contributed by atoms with van der Waals surface area (Å²) in [4.78, 5) is 13.5. The summed E-state index contributed by atoms with van der Waals surface area (Å²) in [6.45, 7) is 2.51. The first kappa shape index (κ1) is 14.2. The molecule has 1 atom stereocenters. The lowest BCUT2D eigenvalue weighted by atomic mass is 9.94. The standard InChI is InChI=1S/C16H17ClN2O2/c1-9(20)19-8-11(6-17)16-13-4-10(7-18)2-3-12(13)15(21)5-14(16)19/h2-5,11,21H,6-8,18H2,1H3. The molecule has 3 rings (SSSR count). The van der Waals surface area contributed by atoms with Crippen LogP contribution in [0.4, 0.5) is 5.69 Å². The zero-order valence-corrected chi connectivity index (χ0v) is 12.5. The molecule has 1 aliphatic heterocycles. The Balaban J connectivity index is 2.34. The number of aromatic hydroxyl groups is 1. The van der Waals surface area contributed by atoms with Crippen LogP contribution in [0.2, 0.25) is 0 Å². The highest BCUT2D eigenvalue weighted by Gasteiger charge is 2.33. The van der Waals surface area contributed by atoms with Gasteiger partial charge in [-0.1, -0.05) is 12.1 Å². The van der Waals surface area contributed by atoms with E-state index < -0.39 is 0 Å². The van der Waals surface area contributed by atoms with Gasteiger partial charge in [0.1, 0.15) is 5.75 Å². The highest BCUT2D eigenvalue weighted by Crippen LogP contribution is 2.45. The van der Waals surface area contributed by atoms with Gasteiger partial charge < -0.3 is 15.7 Å². The van der Waals surface area contributed by atoms with Crippen molar-refractivity contribution < 1.29 is 9.90 Å². The van der Waals surface area contributed by atoms with Crippen molar-refractivity contribution in [2.45, 2.75) is 19.4 Å². The number of amides is 1. The number of hydrogen-bond donors (Lipinski definition) is 2. The number of phenols is 1. The Bertz CT molecular complexity index is 730. The van der Waals surface area contributed by atoms with Crippen molar-refractivity contribution in [1.82, 2.24) is 0 Å². The maximum atomic E-state index is 11.8. The van der Waals surface area contributed by atoms with Gasteiger partial charge in [0.2, 0.25) is 5.91 Å². The van der Waals surface area contributed by atoms with Crippen molar-refractivity contribution in [2.24, 2.45) is 5.73 Å². The molecule has 0 saturated heterocycles. The summed E-state index contributed by atoms with van der Waals surface area (Å²) in [6.07, 6.45) is 0. The second-order valence-corrected chi connectivity index (χ2v) is 5.70. The predicted molar refractivity (Wildman–Crippen MR) is 85.0 cm³/mol. The van der Waals surface area contributed by atoms with E-state index in [9.17, 15) is 9.90 Å². The van der Waals surface area contributed by atoms with E-state index in [1.807, 2.05) is 18.2 Å². The van der Waals surface area contributed by atoms with Crippen molar-refractivity contribution in [3.05, 3.63) is 35.4 Å². The van der Waals surface area contributed by atoms with Gasteiger partial charge in [0.15, 0.2) is 0 Å². The quantitative estimate of drug-likeness (QED) is 0.838. The molecule has 4 nitrogen and oxygen atoms in total. The normalized spacial score (nSPS) is 17.3. The number of hydrogen-bond acceptors (Lipinski definition) is 3. The van der Waals surface area contributed by atoms with E-state index in [0.717, 1.165) is 27.6 Å². The minimum atomic E-state index is -0.0439. The van der Waals surface area contributed by atoms with Crippen LogP contribution in [-0.4, -0.2) is 23.4 Å². The molecular weight excluding hydrogens is 288 g/mol. The Labute approximate surface area is 128 Å². The number of phenolic OH excluding ortho intramolecular Hbond substituents is 1. The number of halogens is 1. The highest BCUT2D eigenvalue weighted by molar-refractivity contribution is 6.19. The van der Waals surface area contributed by atoms with Gasteiger partial charge in [-0.05, 0) is 22.6 Å². The van der Waals surface area contributed by atoms with Crippen molar-refractivity contribution in [3.8, 4) is 5.75 Å². The summed E-state index contributed by atoms with van der Waals surface area (Å²) < 4.78 is 0. The zero-order chi connectivity index (χ0) is 15.1. The maximum Gasteiger partial charge on any atom is 0.223 e. The number of carbonyl (C=O) groups excluding carboxylic acids is 1.